The summed E-state index contributed by atoms with van der Waals surface area (Å²) < 4.78 is 38.2. The number of aromatic nitrogens is 1. The van der Waals surface area contributed by atoms with E-state index in [4.69, 9.17) is 5.73 Å². The highest BCUT2D eigenvalue weighted by molar-refractivity contribution is 5.67. The molecule has 1 heterocycles. The SMILES string of the molecule is CCCN(CCN(C)C)c1cc(C(F)(F)F)ncc1N. The molecule has 4 nitrogen and oxygen atoms in total. The highest BCUT2D eigenvalue weighted by Crippen LogP contribution is 2.32. The van der Waals surface area contributed by atoms with Crippen LogP contribution in [-0.2, 0) is 6.18 Å². The van der Waals surface area contributed by atoms with Gasteiger partial charge in [-0.2, -0.15) is 13.2 Å². The topological polar surface area (TPSA) is 45.4 Å². The monoisotopic (exact) mass is 290 g/mol. The number of nitrogen functional groups attached to an aromatic ring is 1. The molecule has 1 aromatic rings. The van der Waals surface area contributed by atoms with Crippen LogP contribution < -0.4 is 10.6 Å². The van der Waals surface area contributed by atoms with Gasteiger partial charge in [-0.3, -0.25) is 0 Å². The molecule has 0 aliphatic carbocycles. The maximum atomic E-state index is 12.7. The van der Waals surface area contributed by atoms with Crippen LogP contribution in [0.5, 0.6) is 0 Å². The van der Waals surface area contributed by atoms with E-state index in [1.165, 1.54) is 0 Å². The van der Waals surface area contributed by atoms with E-state index in [2.05, 4.69) is 4.98 Å². The molecule has 1 aromatic heterocycles. The minimum absolute atomic E-state index is 0.269. The average molecular weight is 290 g/mol. The summed E-state index contributed by atoms with van der Waals surface area (Å²) in [6.45, 7) is 3.99. The van der Waals surface area contributed by atoms with Gasteiger partial charge in [0.05, 0.1) is 17.6 Å². The number of hydrogen-bond acceptors (Lipinski definition) is 4. The lowest BCUT2D eigenvalue weighted by Gasteiger charge is -2.27. The number of nitrogens with two attached hydrogens (primary N) is 1. The van der Waals surface area contributed by atoms with Gasteiger partial charge in [0.25, 0.3) is 0 Å². The molecule has 0 fully saturated rings. The van der Waals surface area contributed by atoms with Crippen molar-refractivity contribution in [3.63, 3.8) is 0 Å². The molecule has 0 spiro atoms. The molecule has 2 N–H and O–H groups in total. The molecule has 7 heteroatoms. The smallest absolute Gasteiger partial charge is 0.396 e. The van der Waals surface area contributed by atoms with E-state index in [9.17, 15) is 13.2 Å². The van der Waals surface area contributed by atoms with Gasteiger partial charge in [0.2, 0.25) is 0 Å². The molecule has 0 bridgehead atoms. The number of halogens is 3. The number of alkyl halides is 3. The summed E-state index contributed by atoms with van der Waals surface area (Å²) in [5.41, 5.74) is 5.54. The van der Waals surface area contributed by atoms with Crippen molar-refractivity contribution in [2.45, 2.75) is 19.5 Å². The number of hydrogen-bond donors (Lipinski definition) is 1. The van der Waals surface area contributed by atoms with Gasteiger partial charge < -0.3 is 15.5 Å². The summed E-state index contributed by atoms with van der Waals surface area (Å²) in [5.74, 6) is 0. The van der Waals surface area contributed by atoms with E-state index < -0.39 is 11.9 Å². The zero-order valence-corrected chi connectivity index (χ0v) is 12.0. The van der Waals surface area contributed by atoms with Gasteiger partial charge in [-0.05, 0) is 26.6 Å². The van der Waals surface area contributed by atoms with Crippen molar-refractivity contribution >= 4 is 11.4 Å². The van der Waals surface area contributed by atoms with Crippen LogP contribution in [0.4, 0.5) is 24.5 Å². The number of likely N-dealkylation sites (N-methyl/N-ethyl adjacent to an activating group) is 1. The van der Waals surface area contributed by atoms with Crippen LogP contribution in [-0.4, -0.2) is 43.6 Å². The van der Waals surface area contributed by atoms with Crippen LogP contribution in [0.3, 0.4) is 0 Å². The Balaban J connectivity index is 3.05. The molecule has 0 saturated carbocycles. The average Bonchev–Trinajstić information content (AvgIpc) is 2.33. The first kappa shape index (κ1) is 16.6. The second kappa shape index (κ2) is 6.78. The lowest BCUT2D eigenvalue weighted by atomic mass is 10.2. The fourth-order valence-electron chi connectivity index (χ4n) is 1.83. The van der Waals surface area contributed by atoms with Crippen molar-refractivity contribution in [2.75, 3.05) is 44.4 Å². The van der Waals surface area contributed by atoms with E-state index in [0.717, 1.165) is 25.2 Å². The highest BCUT2D eigenvalue weighted by atomic mass is 19.4. The molecule has 0 aromatic carbocycles. The highest BCUT2D eigenvalue weighted by Gasteiger charge is 2.33. The number of pyridine rings is 1. The Morgan fingerprint density at radius 3 is 2.35 bits per heavy atom. The third kappa shape index (κ3) is 4.56. The predicted octanol–water partition coefficient (Wildman–Crippen LogP) is 2.46. The molecule has 0 unspecified atom stereocenters. The van der Waals surface area contributed by atoms with Gasteiger partial charge >= 0.3 is 6.18 Å². The normalized spacial score (nSPS) is 11.9. The zero-order chi connectivity index (χ0) is 15.3. The third-order valence-electron chi connectivity index (χ3n) is 2.85. The molecule has 0 aliphatic rings. The largest absolute Gasteiger partial charge is 0.433 e. The quantitative estimate of drug-likeness (QED) is 0.874. The molecule has 0 atom stereocenters. The van der Waals surface area contributed by atoms with Gasteiger partial charge in [0.1, 0.15) is 5.69 Å². The minimum atomic E-state index is -4.46. The second-order valence-corrected chi connectivity index (χ2v) is 4.92. The van der Waals surface area contributed by atoms with Crippen LogP contribution in [0.25, 0.3) is 0 Å². The van der Waals surface area contributed by atoms with Crippen molar-refractivity contribution in [1.29, 1.82) is 0 Å². The molecule has 0 radical (unpaired) electrons. The van der Waals surface area contributed by atoms with Crippen molar-refractivity contribution in [3.05, 3.63) is 18.0 Å². The summed E-state index contributed by atoms with van der Waals surface area (Å²) >= 11 is 0. The molecule has 0 amide bonds. The van der Waals surface area contributed by atoms with Gasteiger partial charge in [0, 0.05) is 19.6 Å². The van der Waals surface area contributed by atoms with Crippen LogP contribution in [0.15, 0.2) is 12.3 Å². The van der Waals surface area contributed by atoms with E-state index in [0.29, 0.717) is 18.8 Å². The first-order valence-corrected chi connectivity index (χ1v) is 6.48. The van der Waals surface area contributed by atoms with Crippen LogP contribution >= 0.6 is 0 Å². The summed E-state index contributed by atoms with van der Waals surface area (Å²) in [6, 6.07) is 1.03. The first-order valence-electron chi connectivity index (χ1n) is 6.48. The minimum Gasteiger partial charge on any atom is -0.396 e. The second-order valence-electron chi connectivity index (χ2n) is 4.92. The summed E-state index contributed by atoms with van der Waals surface area (Å²) in [6.07, 6.45) is -2.55. The van der Waals surface area contributed by atoms with Crippen LogP contribution in [0.1, 0.15) is 19.0 Å². The fraction of sp³-hybridized carbons (Fsp3) is 0.615. The molecule has 114 valence electrons. The fourth-order valence-corrected chi connectivity index (χ4v) is 1.83. The lowest BCUT2D eigenvalue weighted by Crippen LogP contribution is -2.33. The molecular weight excluding hydrogens is 269 g/mol. The molecule has 1 rings (SSSR count). The Morgan fingerprint density at radius 2 is 1.85 bits per heavy atom. The van der Waals surface area contributed by atoms with Gasteiger partial charge in [0.15, 0.2) is 0 Å². The number of rotatable bonds is 6. The maximum absolute atomic E-state index is 12.7. The van der Waals surface area contributed by atoms with E-state index in [1.54, 1.807) is 0 Å². The number of anilines is 2. The van der Waals surface area contributed by atoms with E-state index in [1.807, 2.05) is 30.8 Å². The molecule has 0 aliphatic heterocycles. The van der Waals surface area contributed by atoms with E-state index in [-0.39, 0.29) is 5.69 Å². The Bertz CT molecular complexity index is 432. The Hall–Kier alpha value is -1.50. The molecular formula is C13H21F3N4. The van der Waals surface area contributed by atoms with Crippen molar-refractivity contribution in [3.8, 4) is 0 Å². The zero-order valence-electron chi connectivity index (χ0n) is 12.0. The Labute approximate surface area is 117 Å². The van der Waals surface area contributed by atoms with Crippen molar-refractivity contribution < 1.29 is 13.2 Å². The Kier molecular flexibility index (Phi) is 5.62. The summed E-state index contributed by atoms with van der Waals surface area (Å²) in [5, 5.41) is 0. The van der Waals surface area contributed by atoms with Crippen LogP contribution in [0.2, 0.25) is 0 Å². The number of nitrogens with zero attached hydrogens (tertiary/aromatic N) is 3. The van der Waals surface area contributed by atoms with Gasteiger partial charge in [-0.15, -0.1) is 0 Å². The molecule has 0 saturated heterocycles. The Morgan fingerprint density at radius 1 is 1.20 bits per heavy atom. The predicted molar refractivity (Wildman–Crippen MR) is 74.7 cm³/mol. The van der Waals surface area contributed by atoms with Crippen LogP contribution in [0, 0.1) is 0 Å². The van der Waals surface area contributed by atoms with Crippen molar-refractivity contribution in [2.24, 2.45) is 0 Å². The van der Waals surface area contributed by atoms with Crippen molar-refractivity contribution in [1.82, 2.24) is 9.88 Å². The summed E-state index contributed by atoms with van der Waals surface area (Å²) in [4.78, 5) is 7.21. The molecule has 20 heavy (non-hydrogen) atoms. The standard InChI is InChI=1S/C13H21F3N4/c1-4-5-20(7-6-19(2)3)11-8-12(13(14,15)16)18-9-10(11)17/h8-9H,4-7,17H2,1-3H3. The van der Waals surface area contributed by atoms with Gasteiger partial charge in [-0.1, -0.05) is 6.92 Å². The summed E-state index contributed by atoms with van der Waals surface area (Å²) in [7, 11) is 3.84. The third-order valence-corrected chi connectivity index (χ3v) is 2.85. The van der Waals surface area contributed by atoms with Gasteiger partial charge in [-0.25, -0.2) is 4.98 Å². The first-order chi connectivity index (χ1) is 9.25. The maximum Gasteiger partial charge on any atom is 0.433 e. The lowest BCUT2D eigenvalue weighted by molar-refractivity contribution is -0.141. The van der Waals surface area contributed by atoms with E-state index >= 15 is 0 Å².